The van der Waals surface area contributed by atoms with Gasteiger partial charge < -0.3 is 15.3 Å². The van der Waals surface area contributed by atoms with Gasteiger partial charge in [-0.25, -0.2) is 0 Å². The molecule has 6 heteroatoms. The van der Waals surface area contributed by atoms with Crippen molar-refractivity contribution in [2.24, 2.45) is 11.8 Å². The molecule has 6 nitrogen and oxygen atoms in total. The molecule has 0 saturated heterocycles. The van der Waals surface area contributed by atoms with Gasteiger partial charge in [0.25, 0.3) is 0 Å². The molecule has 0 aromatic carbocycles. The first kappa shape index (κ1) is 13.4. The van der Waals surface area contributed by atoms with Crippen LogP contribution in [0.3, 0.4) is 0 Å². The number of rotatable bonds is 7. The Hall–Kier alpha value is -1.59. The quantitative estimate of drug-likeness (QED) is 0.571. The Kier molecular flexibility index (Phi) is 5.36. The van der Waals surface area contributed by atoms with Crippen LogP contribution in [-0.4, -0.2) is 33.2 Å². The molecule has 0 aromatic rings. The van der Waals surface area contributed by atoms with E-state index >= 15 is 0 Å². The Bertz CT molecular complexity index is 259. The first-order valence-electron chi connectivity index (χ1n) is 4.36. The highest BCUT2D eigenvalue weighted by molar-refractivity contribution is 5.80. The Labute approximate surface area is 86.5 Å². The summed E-state index contributed by atoms with van der Waals surface area (Å²) in [4.78, 5) is 31.3. The van der Waals surface area contributed by atoms with Gasteiger partial charge in [-0.05, 0) is 19.8 Å². The van der Waals surface area contributed by atoms with E-state index in [4.69, 9.17) is 15.3 Å². The van der Waals surface area contributed by atoms with Crippen LogP contribution in [0.1, 0.15) is 19.3 Å². The van der Waals surface area contributed by atoms with Gasteiger partial charge in [0.2, 0.25) is 0 Å². The van der Waals surface area contributed by atoms with E-state index in [1.165, 1.54) is 0 Å². The SMILES string of the molecule is [CH2]C(C(=O)O)C(CCCC(=O)O)C(=O)O. The number of carboxylic acids is 3. The minimum absolute atomic E-state index is 0.00208. The van der Waals surface area contributed by atoms with Gasteiger partial charge in [0, 0.05) is 6.42 Å². The highest BCUT2D eigenvalue weighted by atomic mass is 16.4. The number of hydrogen-bond acceptors (Lipinski definition) is 3. The number of carbonyl (C=O) groups is 3. The van der Waals surface area contributed by atoms with E-state index in [1.54, 1.807) is 0 Å². The summed E-state index contributed by atoms with van der Waals surface area (Å²) in [6.45, 7) is 3.23. The third kappa shape index (κ3) is 4.99. The molecule has 2 atom stereocenters. The summed E-state index contributed by atoms with van der Waals surface area (Å²) in [6.07, 6.45) is -0.0379. The molecule has 0 aromatic heterocycles. The molecular formula is C9H13O6. The average molecular weight is 217 g/mol. The summed E-state index contributed by atoms with van der Waals surface area (Å²) < 4.78 is 0. The molecule has 15 heavy (non-hydrogen) atoms. The van der Waals surface area contributed by atoms with Crippen LogP contribution in [0.5, 0.6) is 0 Å². The van der Waals surface area contributed by atoms with E-state index in [0.717, 1.165) is 0 Å². The lowest BCUT2D eigenvalue weighted by molar-refractivity contribution is -0.152. The van der Waals surface area contributed by atoms with Crippen molar-refractivity contribution in [2.45, 2.75) is 19.3 Å². The standard InChI is InChI=1S/C9H13O6/c1-5(8(12)13)6(9(14)15)3-2-4-7(10)11/h5-6H,1-4H2,(H,10,11)(H,12,13)(H,14,15). The zero-order valence-electron chi connectivity index (χ0n) is 8.05. The second kappa shape index (κ2) is 6.00. The van der Waals surface area contributed by atoms with Crippen LogP contribution >= 0.6 is 0 Å². The largest absolute Gasteiger partial charge is 0.481 e. The monoisotopic (exact) mass is 217 g/mol. The Morgan fingerprint density at radius 1 is 1.07 bits per heavy atom. The summed E-state index contributed by atoms with van der Waals surface area (Å²) >= 11 is 0. The molecule has 1 radical (unpaired) electrons. The van der Waals surface area contributed by atoms with E-state index in [1.807, 2.05) is 0 Å². The van der Waals surface area contributed by atoms with E-state index in [9.17, 15) is 14.4 Å². The lowest BCUT2D eigenvalue weighted by atomic mass is 9.89. The predicted molar refractivity (Wildman–Crippen MR) is 49.1 cm³/mol. The van der Waals surface area contributed by atoms with Crippen molar-refractivity contribution in [3.63, 3.8) is 0 Å². The number of hydrogen-bond donors (Lipinski definition) is 3. The molecule has 3 N–H and O–H groups in total. The molecule has 0 heterocycles. The lowest BCUT2D eigenvalue weighted by Crippen LogP contribution is -2.27. The highest BCUT2D eigenvalue weighted by Crippen LogP contribution is 2.18. The molecule has 0 spiro atoms. The Morgan fingerprint density at radius 2 is 1.60 bits per heavy atom. The van der Waals surface area contributed by atoms with Crippen molar-refractivity contribution in [2.75, 3.05) is 0 Å². The Balaban J connectivity index is 4.23. The fourth-order valence-electron chi connectivity index (χ4n) is 1.14. The summed E-state index contributed by atoms with van der Waals surface area (Å²) in [5.41, 5.74) is 0. The van der Waals surface area contributed by atoms with E-state index in [-0.39, 0.29) is 19.3 Å². The van der Waals surface area contributed by atoms with Gasteiger partial charge in [0.1, 0.15) is 0 Å². The second-order valence-electron chi connectivity index (χ2n) is 3.18. The zero-order valence-corrected chi connectivity index (χ0v) is 8.05. The fourth-order valence-corrected chi connectivity index (χ4v) is 1.14. The fraction of sp³-hybridized carbons (Fsp3) is 0.556. The molecular weight excluding hydrogens is 204 g/mol. The van der Waals surface area contributed by atoms with Gasteiger partial charge in [-0.1, -0.05) is 0 Å². The van der Waals surface area contributed by atoms with Gasteiger partial charge in [0.05, 0.1) is 11.8 Å². The smallest absolute Gasteiger partial charge is 0.307 e. The van der Waals surface area contributed by atoms with Crippen LogP contribution < -0.4 is 0 Å². The van der Waals surface area contributed by atoms with Crippen LogP contribution in [0.2, 0.25) is 0 Å². The third-order valence-electron chi connectivity index (χ3n) is 2.03. The van der Waals surface area contributed by atoms with E-state index in [0.29, 0.717) is 0 Å². The van der Waals surface area contributed by atoms with Crippen LogP contribution in [0.15, 0.2) is 0 Å². The van der Waals surface area contributed by atoms with Gasteiger partial charge in [-0.3, -0.25) is 14.4 Å². The highest BCUT2D eigenvalue weighted by Gasteiger charge is 2.29. The Morgan fingerprint density at radius 3 is 1.93 bits per heavy atom. The van der Waals surface area contributed by atoms with Gasteiger partial charge in [-0.15, -0.1) is 0 Å². The first-order chi connectivity index (χ1) is 6.86. The van der Waals surface area contributed by atoms with E-state index < -0.39 is 29.7 Å². The van der Waals surface area contributed by atoms with Gasteiger partial charge in [-0.2, -0.15) is 0 Å². The van der Waals surface area contributed by atoms with Crippen LogP contribution in [0, 0.1) is 18.8 Å². The summed E-state index contributed by atoms with van der Waals surface area (Å²) in [5, 5.41) is 25.6. The van der Waals surface area contributed by atoms with Gasteiger partial charge in [0.15, 0.2) is 0 Å². The minimum Gasteiger partial charge on any atom is -0.481 e. The topological polar surface area (TPSA) is 112 Å². The predicted octanol–water partition coefficient (Wildman–Crippen LogP) is 0.477. The third-order valence-corrected chi connectivity index (χ3v) is 2.03. The average Bonchev–Trinajstić information content (AvgIpc) is 2.10. The minimum atomic E-state index is -1.29. The molecule has 0 aliphatic carbocycles. The maximum Gasteiger partial charge on any atom is 0.307 e. The molecule has 0 aliphatic rings. The molecule has 0 fully saturated rings. The molecule has 2 unspecified atom stereocenters. The molecule has 0 aliphatic heterocycles. The van der Waals surface area contributed by atoms with Crippen LogP contribution in [-0.2, 0) is 14.4 Å². The number of aliphatic carboxylic acids is 3. The van der Waals surface area contributed by atoms with Gasteiger partial charge >= 0.3 is 17.9 Å². The molecule has 0 saturated carbocycles. The maximum atomic E-state index is 10.7. The lowest BCUT2D eigenvalue weighted by Gasteiger charge is -2.15. The molecule has 0 bridgehead atoms. The maximum absolute atomic E-state index is 10.7. The molecule has 0 amide bonds. The summed E-state index contributed by atoms with van der Waals surface area (Å²) in [7, 11) is 0. The van der Waals surface area contributed by atoms with Crippen molar-refractivity contribution >= 4 is 17.9 Å². The second-order valence-corrected chi connectivity index (χ2v) is 3.18. The summed E-state index contributed by atoms with van der Waals surface area (Å²) in [6, 6.07) is 0. The first-order valence-corrected chi connectivity index (χ1v) is 4.36. The molecule has 0 rings (SSSR count). The van der Waals surface area contributed by atoms with Crippen molar-refractivity contribution in [1.82, 2.24) is 0 Å². The van der Waals surface area contributed by atoms with Crippen LogP contribution in [0.4, 0.5) is 0 Å². The van der Waals surface area contributed by atoms with Crippen LogP contribution in [0.25, 0.3) is 0 Å². The van der Waals surface area contributed by atoms with Crippen molar-refractivity contribution < 1.29 is 29.7 Å². The molecule has 85 valence electrons. The van der Waals surface area contributed by atoms with Crippen molar-refractivity contribution in [3.05, 3.63) is 6.92 Å². The van der Waals surface area contributed by atoms with E-state index in [2.05, 4.69) is 6.92 Å². The normalized spacial score (nSPS) is 14.2. The van der Waals surface area contributed by atoms with Crippen molar-refractivity contribution in [1.29, 1.82) is 0 Å². The van der Waals surface area contributed by atoms with Crippen molar-refractivity contribution in [3.8, 4) is 0 Å². The number of carboxylic acid groups (broad SMARTS) is 3. The summed E-state index contributed by atoms with van der Waals surface area (Å²) in [5.74, 6) is -5.98. The zero-order chi connectivity index (χ0) is 12.0.